The third-order valence-electron chi connectivity index (χ3n) is 4.17. The maximum atomic E-state index is 4.30. The van der Waals surface area contributed by atoms with E-state index < -0.39 is 0 Å². The second kappa shape index (κ2) is 3.72. The van der Waals surface area contributed by atoms with Crippen LogP contribution in [0.3, 0.4) is 0 Å². The minimum Gasteiger partial charge on any atom is -0.354 e. The summed E-state index contributed by atoms with van der Waals surface area (Å²) in [5.41, 5.74) is 1.71. The molecule has 1 aromatic rings. The van der Waals surface area contributed by atoms with Gasteiger partial charge in [0.2, 0.25) is 5.95 Å². The van der Waals surface area contributed by atoms with E-state index >= 15 is 0 Å². The summed E-state index contributed by atoms with van der Waals surface area (Å²) in [5.74, 6) is 1.77. The number of rotatable bonds is 4. The van der Waals surface area contributed by atoms with Gasteiger partial charge in [-0.05, 0) is 49.5 Å². The van der Waals surface area contributed by atoms with Crippen LogP contribution in [0.25, 0.3) is 0 Å². The standard InChI is InChI=1S/C13H19N3/c1-10-7-14-12(15-8-10)16-9-13(5-2-6-13)11-3-4-11/h7-8,11H,2-6,9H2,1H3,(H,14,15,16). The Hall–Kier alpha value is -1.12. The Morgan fingerprint density at radius 1 is 1.31 bits per heavy atom. The summed E-state index contributed by atoms with van der Waals surface area (Å²) in [4.78, 5) is 8.59. The minimum atomic E-state index is 0.592. The van der Waals surface area contributed by atoms with E-state index in [0.29, 0.717) is 5.41 Å². The molecule has 0 saturated heterocycles. The third kappa shape index (κ3) is 1.79. The summed E-state index contributed by atoms with van der Waals surface area (Å²) in [6.45, 7) is 3.09. The van der Waals surface area contributed by atoms with Gasteiger partial charge in [0.1, 0.15) is 0 Å². The quantitative estimate of drug-likeness (QED) is 0.842. The number of hydrogen-bond acceptors (Lipinski definition) is 3. The predicted octanol–water partition coefficient (Wildman–Crippen LogP) is 2.78. The van der Waals surface area contributed by atoms with Crippen molar-refractivity contribution in [2.45, 2.75) is 39.0 Å². The smallest absolute Gasteiger partial charge is 0.222 e. The molecule has 2 aliphatic carbocycles. The van der Waals surface area contributed by atoms with Gasteiger partial charge in [0, 0.05) is 18.9 Å². The van der Waals surface area contributed by atoms with E-state index in [1.165, 1.54) is 32.1 Å². The van der Waals surface area contributed by atoms with E-state index in [0.717, 1.165) is 24.0 Å². The Morgan fingerprint density at radius 3 is 2.50 bits per heavy atom. The first-order chi connectivity index (χ1) is 7.78. The van der Waals surface area contributed by atoms with Gasteiger partial charge >= 0.3 is 0 Å². The van der Waals surface area contributed by atoms with Gasteiger partial charge in [-0.25, -0.2) is 9.97 Å². The van der Waals surface area contributed by atoms with Crippen LogP contribution in [0.1, 0.15) is 37.7 Å². The molecule has 2 saturated carbocycles. The Morgan fingerprint density at radius 2 is 2.00 bits per heavy atom. The van der Waals surface area contributed by atoms with Gasteiger partial charge in [0.15, 0.2) is 0 Å². The van der Waals surface area contributed by atoms with Crippen molar-refractivity contribution in [1.29, 1.82) is 0 Å². The second-order valence-electron chi connectivity index (χ2n) is 5.43. The lowest BCUT2D eigenvalue weighted by Crippen LogP contribution is -2.38. The Labute approximate surface area is 96.7 Å². The average molecular weight is 217 g/mol. The molecule has 16 heavy (non-hydrogen) atoms. The summed E-state index contributed by atoms with van der Waals surface area (Å²) in [6.07, 6.45) is 10.8. The van der Waals surface area contributed by atoms with Crippen LogP contribution in [0.4, 0.5) is 5.95 Å². The summed E-state index contributed by atoms with van der Waals surface area (Å²) < 4.78 is 0. The molecule has 3 heteroatoms. The summed E-state index contributed by atoms with van der Waals surface area (Å²) in [5, 5.41) is 3.41. The molecule has 0 bridgehead atoms. The molecule has 0 amide bonds. The third-order valence-corrected chi connectivity index (χ3v) is 4.17. The lowest BCUT2D eigenvalue weighted by atomic mass is 9.65. The molecule has 3 rings (SSSR count). The first kappa shape index (κ1) is 10.1. The molecule has 2 aliphatic rings. The van der Waals surface area contributed by atoms with E-state index in [4.69, 9.17) is 0 Å². The van der Waals surface area contributed by atoms with E-state index in [2.05, 4.69) is 15.3 Å². The zero-order chi connectivity index (χ0) is 11.0. The average Bonchev–Trinajstić information content (AvgIpc) is 3.03. The van der Waals surface area contributed by atoms with E-state index in [1.807, 2.05) is 19.3 Å². The predicted molar refractivity (Wildman–Crippen MR) is 64.3 cm³/mol. The fourth-order valence-electron chi connectivity index (χ4n) is 2.79. The van der Waals surface area contributed by atoms with Crippen molar-refractivity contribution in [3.05, 3.63) is 18.0 Å². The van der Waals surface area contributed by atoms with Crippen molar-refractivity contribution in [2.24, 2.45) is 11.3 Å². The monoisotopic (exact) mass is 217 g/mol. The molecular formula is C13H19N3. The fraction of sp³-hybridized carbons (Fsp3) is 0.692. The summed E-state index contributed by atoms with van der Waals surface area (Å²) >= 11 is 0. The molecule has 1 N–H and O–H groups in total. The molecule has 0 radical (unpaired) electrons. The summed E-state index contributed by atoms with van der Waals surface area (Å²) in [7, 11) is 0. The zero-order valence-electron chi connectivity index (χ0n) is 9.87. The highest BCUT2D eigenvalue weighted by Gasteiger charge is 2.48. The molecule has 3 nitrogen and oxygen atoms in total. The zero-order valence-corrected chi connectivity index (χ0v) is 9.87. The number of aromatic nitrogens is 2. The summed E-state index contributed by atoms with van der Waals surface area (Å²) in [6, 6.07) is 0. The van der Waals surface area contributed by atoms with Gasteiger partial charge in [0.25, 0.3) is 0 Å². The van der Waals surface area contributed by atoms with Crippen LogP contribution in [0.5, 0.6) is 0 Å². The molecule has 0 aliphatic heterocycles. The minimum absolute atomic E-state index is 0.592. The Balaban J connectivity index is 1.61. The van der Waals surface area contributed by atoms with Crippen LogP contribution in [-0.2, 0) is 0 Å². The molecule has 1 heterocycles. The van der Waals surface area contributed by atoms with Crippen molar-refractivity contribution in [3.8, 4) is 0 Å². The molecule has 2 fully saturated rings. The lowest BCUT2D eigenvalue weighted by molar-refractivity contribution is 0.118. The first-order valence-corrected chi connectivity index (χ1v) is 6.31. The van der Waals surface area contributed by atoms with Crippen LogP contribution in [-0.4, -0.2) is 16.5 Å². The highest BCUT2D eigenvalue weighted by molar-refractivity contribution is 5.25. The molecule has 1 aromatic heterocycles. The maximum absolute atomic E-state index is 4.30. The SMILES string of the molecule is Cc1cnc(NCC2(C3CC3)CCC2)nc1. The fourth-order valence-corrected chi connectivity index (χ4v) is 2.79. The number of anilines is 1. The van der Waals surface area contributed by atoms with Gasteiger partial charge in [-0.15, -0.1) is 0 Å². The van der Waals surface area contributed by atoms with Crippen molar-refractivity contribution < 1.29 is 0 Å². The van der Waals surface area contributed by atoms with Crippen LogP contribution in [0.2, 0.25) is 0 Å². The number of hydrogen-bond donors (Lipinski definition) is 1. The number of aryl methyl sites for hydroxylation is 1. The highest BCUT2D eigenvalue weighted by Crippen LogP contribution is 2.56. The molecule has 0 spiro atoms. The molecule has 86 valence electrons. The maximum Gasteiger partial charge on any atom is 0.222 e. The Bertz CT molecular complexity index is 363. The number of nitrogens with zero attached hydrogens (tertiary/aromatic N) is 2. The van der Waals surface area contributed by atoms with Crippen LogP contribution in [0.15, 0.2) is 12.4 Å². The molecule has 0 atom stereocenters. The number of nitrogens with one attached hydrogen (secondary N) is 1. The van der Waals surface area contributed by atoms with Crippen molar-refractivity contribution in [2.75, 3.05) is 11.9 Å². The van der Waals surface area contributed by atoms with Gasteiger partial charge < -0.3 is 5.32 Å². The normalized spacial score (nSPS) is 22.6. The second-order valence-corrected chi connectivity index (χ2v) is 5.43. The van der Waals surface area contributed by atoms with Crippen molar-refractivity contribution >= 4 is 5.95 Å². The largest absolute Gasteiger partial charge is 0.354 e. The van der Waals surface area contributed by atoms with E-state index in [-0.39, 0.29) is 0 Å². The molecule has 0 unspecified atom stereocenters. The highest BCUT2D eigenvalue weighted by atomic mass is 15.1. The topological polar surface area (TPSA) is 37.8 Å². The molecular weight excluding hydrogens is 198 g/mol. The van der Waals surface area contributed by atoms with Gasteiger partial charge in [0.05, 0.1) is 0 Å². The van der Waals surface area contributed by atoms with Crippen LogP contribution >= 0.6 is 0 Å². The van der Waals surface area contributed by atoms with E-state index in [9.17, 15) is 0 Å². The lowest BCUT2D eigenvalue weighted by Gasteiger charge is -2.42. The van der Waals surface area contributed by atoms with Gasteiger partial charge in [-0.1, -0.05) is 6.42 Å². The van der Waals surface area contributed by atoms with Gasteiger partial charge in [-0.3, -0.25) is 0 Å². The van der Waals surface area contributed by atoms with E-state index in [1.54, 1.807) is 0 Å². The molecule has 0 aromatic carbocycles. The van der Waals surface area contributed by atoms with Crippen LogP contribution < -0.4 is 5.32 Å². The van der Waals surface area contributed by atoms with Crippen LogP contribution in [0, 0.1) is 18.3 Å². The van der Waals surface area contributed by atoms with Crippen molar-refractivity contribution in [1.82, 2.24) is 9.97 Å². The first-order valence-electron chi connectivity index (χ1n) is 6.31. The van der Waals surface area contributed by atoms with Crippen molar-refractivity contribution in [3.63, 3.8) is 0 Å². The van der Waals surface area contributed by atoms with Gasteiger partial charge in [-0.2, -0.15) is 0 Å². The Kier molecular flexibility index (Phi) is 2.34.